The molecular formula is C57H44. The van der Waals surface area contributed by atoms with Gasteiger partial charge in [0.2, 0.25) is 0 Å². The largest absolute Gasteiger partial charge is 0.0616 e. The van der Waals surface area contributed by atoms with Crippen LogP contribution in [0, 0.1) is 0 Å². The number of rotatable bonds is 4. The molecule has 0 bridgehead atoms. The molecule has 0 nitrogen and oxygen atoms in total. The highest BCUT2D eigenvalue weighted by Crippen LogP contribution is 2.51. The first-order valence-corrected chi connectivity index (χ1v) is 20.3. The Morgan fingerprint density at radius 3 is 1.42 bits per heavy atom. The predicted octanol–water partition coefficient (Wildman–Crippen LogP) is 16.0. The summed E-state index contributed by atoms with van der Waals surface area (Å²) in [5, 5.41) is 10.6. The summed E-state index contributed by atoms with van der Waals surface area (Å²) < 4.78 is 0. The predicted molar refractivity (Wildman–Crippen MR) is 246 cm³/mol. The molecule has 0 saturated heterocycles. The topological polar surface area (TPSA) is 0 Å². The summed E-state index contributed by atoms with van der Waals surface area (Å²) in [7, 11) is 0. The second-order valence-corrected chi connectivity index (χ2v) is 17.8. The van der Waals surface area contributed by atoms with Gasteiger partial charge in [-0.25, -0.2) is 0 Å². The average molecular weight is 729 g/mol. The maximum absolute atomic E-state index is 2.44. The molecule has 0 unspecified atom stereocenters. The van der Waals surface area contributed by atoms with Crippen molar-refractivity contribution in [3.8, 4) is 55.6 Å². The van der Waals surface area contributed by atoms with Crippen LogP contribution in [0.25, 0.3) is 98.7 Å². The molecule has 0 amide bonds. The van der Waals surface area contributed by atoms with Crippen LogP contribution in [-0.4, -0.2) is 0 Å². The van der Waals surface area contributed by atoms with E-state index in [1.807, 2.05) is 0 Å². The van der Waals surface area contributed by atoms with E-state index in [2.05, 4.69) is 211 Å². The van der Waals surface area contributed by atoms with Crippen LogP contribution in [-0.2, 0) is 10.8 Å². The van der Waals surface area contributed by atoms with E-state index in [4.69, 9.17) is 0 Å². The van der Waals surface area contributed by atoms with Gasteiger partial charge in [0.05, 0.1) is 0 Å². The molecule has 1 aliphatic rings. The first-order chi connectivity index (χ1) is 27.6. The van der Waals surface area contributed by atoms with Gasteiger partial charge < -0.3 is 0 Å². The fraction of sp³-hybridized carbons (Fsp3) is 0.123. The van der Waals surface area contributed by atoms with Crippen LogP contribution in [0.5, 0.6) is 0 Å². The number of hydrogen-bond donors (Lipinski definition) is 0. The molecule has 0 fully saturated rings. The highest BCUT2D eigenvalue weighted by atomic mass is 14.4. The quantitative estimate of drug-likeness (QED) is 0.158. The monoisotopic (exact) mass is 728 g/mol. The van der Waals surface area contributed by atoms with Gasteiger partial charge in [0, 0.05) is 5.41 Å². The van der Waals surface area contributed by atoms with Gasteiger partial charge in [0.15, 0.2) is 0 Å². The Morgan fingerprint density at radius 1 is 0.333 bits per heavy atom. The Morgan fingerprint density at radius 2 is 0.807 bits per heavy atom. The van der Waals surface area contributed by atoms with Crippen molar-refractivity contribution in [2.24, 2.45) is 0 Å². The maximum Gasteiger partial charge on any atom is 0.0159 e. The summed E-state index contributed by atoms with van der Waals surface area (Å²) in [5.74, 6) is 0. The number of hydrogen-bond acceptors (Lipinski definition) is 0. The van der Waals surface area contributed by atoms with E-state index in [0.717, 1.165) is 0 Å². The van der Waals surface area contributed by atoms with Crippen molar-refractivity contribution in [3.05, 3.63) is 193 Å². The molecule has 57 heavy (non-hydrogen) atoms. The van der Waals surface area contributed by atoms with Crippen molar-refractivity contribution < 1.29 is 0 Å². The minimum atomic E-state index is -0.116. The van der Waals surface area contributed by atoms with Gasteiger partial charge in [-0.3, -0.25) is 0 Å². The van der Waals surface area contributed by atoms with Crippen LogP contribution < -0.4 is 0 Å². The lowest BCUT2D eigenvalue weighted by molar-refractivity contribution is 0.591. The van der Waals surface area contributed by atoms with Crippen molar-refractivity contribution in [2.75, 3.05) is 0 Å². The second-order valence-electron chi connectivity index (χ2n) is 17.8. The zero-order valence-electron chi connectivity index (χ0n) is 33.2. The van der Waals surface area contributed by atoms with Crippen LogP contribution >= 0.6 is 0 Å². The van der Waals surface area contributed by atoms with Crippen LogP contribution in [0.1, 0.15) is 51.3 Å². The van der Waals surface area contributed by atoms with E-state index < -0.39 is 0 Å². The van der Waals surface area contributed by atoms with Gasteiger partial charge in [-0.2, -0.15) is 0 Å². The summed E-state index contributed by atoms with van der Waals surface area (Å²) in [6.07, 6.45) is 0. The zero-order valence-corrected chi connectivity index (χ0v) is 33.2. The van der Waals surface area contributed by atoms with E-state index in [1.165, 1.54) is 115 Å². The molecule has 0 heterocycles. The summed E-state index contributed by atoms with van der Waals surface area (Å²) in [6.45, 7) is 11.7. The molecule has 0 N–H and O–H groups in total. The van der Waals surface area contributed by atoms with Gasteiger partial charge in [0.1, 0.15) is 0 Å². The van der Waals surface area contributed by atoms with Crippen molar-refractivity contribution in [2.45, 2.75) is 45.4 Å². The third-order valence-electron chi connectivity index (χ3n) is 13.0. The first-order valence-electron chi connectivity index (χ1n) is 20.3. The van der Waals surface area contributed by atoms with Crippen molar-refractivity contribution >= 4 is 43.1 Å². The van der Waals surface area contributed by atoms with Crippen LogP contribution in [0.3, 0.4) is 0 Å². The fourth-order valence-electron chi connectivity index (χ4n) is 9.76. The third-order valence-corrected chi connectivity index (χ3v) is 13.0. The van der Waals surface area contributed by atoms with Crippen molar-refractivity contribution in [1.82, 2.24) is 0 Å². The highest BCUT2D eigenvalue weighted by molar-refractivity contribution is 6.25. The summed E-state index contributed by atoms with van der Waals surface area (Å²) in [5.41, 5.74) is 16.9. The van der Waals surface area contributed by atoms with Gasteiger partial charge in [-0.05, 0) is 133 Å². The van der Waals surface area contributed by atoms with E-state index in [-0.39, 0.29) is 10.8 Å². The van der Waals surface area contributed by atoms with Gasteiger partial charge in [-0.15, -0.1) is 0 Å². The lowest BCUT2D eigenvalue weighted by Crippen LogP contribution is -2.15. The standard InChI is InChI=1S/C57H44/c1-56(2,3)45-31-43-22-21-40-23-27-48(51-30-26-44(32-45)54(43)55(40)51)39-19-15-36(16-20-39)42-25-29-50-49-28-24-41(33-52(49)57(4,5)53(50)34-42)35-13-17-38(18-14-35)47-12-8-10-37-9-6-7-11-46(37)47/h6-34H,1-5H3. The SMILES string of the molecule is CC(C)(C)c1cc2ccc3ccc(-c4ccc(-c5ccc6c(c5)C(C)(C)c5cc(-c7ccc(-c8cccc9ccccc89)cc7)ccc5-6)cc4)c4ccc(c1)c2c34. The smallest absolute Gasteiger partial charge is 0.0159 e. The van der Waals surface area contributed by atoms with Gasteiger partial charge in [-0.1, -0.05) is 198 Å². The molecule has 0 saturated carbocycles. The second kappa shape index (κ2) is 12.2. The van der Waals surface area contributed by atoms with Crippen LogP contribution in [0.4, 0.5) is 0 Å². The average Bonchev–Trinajstić information content (AvgIpc) is 3.46. The highest BCUT2D eigenvalue weighted by Gasteiger charge is 2.36. The molecule has 0 aliphatic heterocycles. The molecule has 11 rings (SSSR count). The molecule has 0 aromatic heterocycles. The van der Waals surface area contributed by atoms with Gasteiger partial charge in [0.25, 0.3) is 0 Å². The molecule has 0 radical (unpaired) electrons. The molecule has 10 aromatic rings. The summed E-state index contributed by atoms with van der Waals surface area (Å²) in [6, 6.07) is 66.3. The normalized spacial score (nSPS) is 13.5. The maximum atomic E-state index is 2.44. The summed E-state index contributed by atoms with van der Waals surface area (Å²) in [4.78, 5) is 0. The molecule has 0 atom stereocenters. The van der Waals surface area contributed by atoms with Crippen LogP contribution in [0.15, 0.2) is 176 Å². The molecule has 10 aromatic carbocycles. The lowest BCUT2D eigenvalue weighted by Gasteiger charge is -2.23. The van der Waals surface area contributed by atoms with E-state index in [1.54, 1.807) is 0 Å². The van der Waals surface area contributed by atoms with E-state index in [0.29, 0.717) is 0 Å². The van der Waals surface area contributed by atoms with Crippen LogP contribution in [0.2, 0.25) is 0 Å². The molecule has 272 valence electrons. The lowest BCUT2D eigenvalue weighted by atomic mass is 9.80. The van der Waals surface area contributed by atoms with Crippen molar-refractivity contribution in [1.29, 1.82) is 0 Å². The number of fused-ring (bicyclic) bond motifs is 4. The van der Waals surface area contributed by atoms with Gasteiger partial charge >= 0.3 is 0 Å². The van der Waals surface area contributed by atoms with E-state index in [9.17, 15) is 0 Å². The minimum Gasteiger partial charge on any atom is -0.0616 e. The van der Waals surface area contributed by atoms with Crippen molar-refractivity contribution in [3.63, 3.8) is 0 Å². The molecular weight excluding hydrogens is 685 g/mol. The number of benzene rings is 10. The first kappa shape index (κ1) is 33.8. The molecule has 0 spiro atoms. The Hall–Kier alpha value is -6.50. The fourth-order valence-corrected chi connectivity index (χ4v) is 9.76. The molecule has 0 heteroatoms. The Labute approximate surface area is 335 Å². The molecule has 1 aliphatic carbocycles. The Balaban J connectivity index is 0.901. The third kappa shape index (κ3) is 5.28. The Bertz CT molecular complexity index is 3180. The minimum absolute atomic E-state index is 0.104. The zero-order chi connectivity index (χ0) is 38.6. The van der Waals surface area contributed by atoms with E-state index >= 15 is 0 Å². The summed E-state index contributed by atoms with van der Waals surface area (Å²) >= 11 is 0. The Kier molecular flexibility index (Phi) is 7.26.